The molecule has 0 saturated heterocycles. The van der Waals surface area contributed by atoms with E-state index in [0.29, 0.717) is 32.9 Å². The number of ether oxygens (including phenoxy) is 2. The van der Waals surface area contributed by atoms with Gasteiger partial charge in [0.1, 0.15) is 6.54 Å². The van der Waals surface area contributed by atoms with Gasteiger partial charge in [-0.1, -0.05) is 23.2 Å². The Bertz CT molecular complexity index is 841. The van der Waals surface area contributed by atoms with Crippen molar-refractivity contribution >= 4 is 46.4 Å². The predicted molar refractivity (Wildman–Crippen MR) is 95.7 cm³/mol. The summed E-state index contributed by atoms with van der Waals surface area (Å²) in [6.45, 7) is 1.32. The summed E-state index contributed by atoms with van der Waals surface area (Å²) in [6.07, 6.45) is 0. The average molecular weight is 381 g/mol. The molecule has 6 nitrogen and oxygen atoms in total. The molecule has 0 spiro atoms. The lowest BCUT2D eigenvalue weighted by Crippen LogP contribution is -2.36. The van der Waals surface area contributed by atoms with E-state index in [4.69, 9.17) is 32.7 Å². The van der Waals surface area contributed by atoms with Crippen LogP contribution in [0.15, 0.2) is 36.4 Å². The molecule has 2 aromatic carbocycles. The molecule has 25 heavy (non-hydrogen) atoms. The molecule has 0 aromatic heterocycles. The zero-order chi connectivity index (χ0) is 18.0. The molecule has 0 radical (unpaired) electrons. The van der Waals surface area contributed by atoms with Crippen LogP contribution in [0.25, 0.3) is 0 Å². The standard InChI is InChI=1S/C17H14Cl2N2O4/c1-10(22)21(14-4-2-11(18)6-13(14)19)8-17(23)20-12-3-5-15-16(7-12)25-9-24-15/h2-7H,8-9H2,1H3,(H,20,23). The van der Waals surface area contributed by atoms with E-state index < -0.39 is 0 Å². The molecule has 1 aliphatic heterocycles. The highest BCUT2D eigenvalue weighted by Crippen LogP contribution is 2.34. The highest BCUT2D eigenvalue weighted by atomic mass is 35.5. The Hall–Kier alpha value is -2.44. The first-order chi connectivity index (χ1) is 11.9. The molecule has 8 heteroatoms. The maximum Gasteiger partial charge on any atom is 0.244 e. The van der Waals surface area contributed by atoms with Crippen LogP contribution in [0.4, 0.5) is 11.4 Å². The second kappa shape index (κ2) is 7.21. The lowest BCUT2D eigenvalue weighted by molar-refractivity contribution is -0.120. The maximum atomic E-state index is 12.3. The van der Waals surface area contributed by atoms with Crippen LogP contribution in [0.3, 0.4) is 0 Å². The van der Waals surface area contributed by atoms with Crippen LogP contribution in [-0.4, -0.2) is 25.2 Å². The number of amides is 2. The van der Waals surface area contributed by atoms with Gasteiger partial charge in [0.2, 0.25) is 18.6 Å². The van der Waals surface area contributed by atoms with Crippen molar-refractivity contribution in [3.05, 3.63) is 46.4 Å². The number of nitrogens with zero attached hydrogens (tertiary/aromatic N) is 1. The van der Waals surface area contributed by atoms with E-state index in [1.165, 1.54) is 17.9 Å². The van der Waals surface area contributed by atoms with Crippen molar-refractivity contribution < 1.29 is 19.1 Å². The van der Waals surface area contributed by atoms with Crippen molar-refractivity contribution in [1.29, 1.82) is 0 Å². The first-order valence-electron chi connectivity index (χ1n) is 7.36. The molecular weight excluding hydrogens is 367 g/mol. The van der Waals surface area contributed by atoms with E-state index in [1.807, 2.05) is 0 Å². The lowest BCUT2D eigenvalue weighted by Gasteiger charge is -2.22. The van der Waals surface area contributed by atoms with E-state index in [0.717, 1.165) is 0 Å². The number of halogens is 2. The predicted octanol–water partition coefficient (Wildman–Crippen LogP) is 3.71. The number of benzene rings is 2. The van der Waals surface area contributed by atoms with Gasteiger partial charge in [-0.2, -0.15) is 0 Å². The largest absolute Gasteiger partial charge is 0.454 e. The van der Waals surface area contributed by atoms with Crippen LogP contribution >= 0.6 is 23.2 Å². The molecule has 0 aliphatic carbocycles. The zero-order valence-corrected chi connectivity index (χ0v) is 14.7. The molecule has 0 unspecified atom stereocenters. The molecule has 0 saturated carbocycles. The summed E-state index contributed by atoms with van der Waals surface area (Å²) >= 11 is 12.0. The van der Waals surface area contributed by atoms with Gasteiger partial charge in [-0.05, 0) is 30.3 Å². The van der Waals surface area contributed by atoms with Gasteiger partial charge in [0.05, 0.1) is 10.7 Å². The Morgan fingerprint density at radius 1 is 1.12 bits per heavy atom. The number of rotatable bonds is 4. The fraction of sp³-hybridized carbons (Fsp3) is 0.176. The Labute approximate surface area is 154 Å². The third kappa shape index (κ3) is 3.97. The number of carbonyl (C=O) groups is 2. The average Bonchev–Trinajstić information content (AvgIpc) is 3.00. The Morgan fingerprint density at radius 2 is 1.88 bits per heavy atom. The molecule has 0 bridgehead atoms. The van der Waals surface area contributed by atoms with Gasteiger partial charge >= 0.3 is 0 Å². The van der Waals surface area contributed by atoms with Crippen LogP contribution in [0.2, 0.25) is 10.0 Å². The van der Waals surface area contributed by atoms with Gasteiger partial charge in [-0.25, -0.2) is 0 Å². The van der Waals surface area contributed by atoms with E-state index in [1.54, 1.807) is 30.3 Å². The fourth-order valence-corrected chi connectivity index (χ4v) is 2.90. The number of hydrogen-bond donors (Lipinski definition) is 1. The number of fused-ring (bicyclic) bond motifs is 1. The van der Waals surface area contributed by atoms with Crippen molar-refractivity contribution in [2.45, 2.75) is 6.92 Å². The molecular formula is C17H14Cl2N2O4. The van der Waals surface area contributed by atoms with Crippen molar-refractivity contribution in [1.82, 2.24) is 0 Å². The third-order valence-electron chi connectivity index (χ3n) is 3.54. The summed E-state index contributed by atoms with van der Waals surface area (Å²) < 4.78 is 10.5. The minimum absolute atomic E-state index is 0.153. The van der Waals surface area contributed by atoms with Gasteiger partial charge in [0.15, 0.2) is 11.5 Å². The van der Waals surface area contributed by atoms with E-state index in [-0.39, 0.29) is 25.2 Å². The normalized spacial score (nSPS) is 12.0. The monoisotopic (exact) mass is 380 g/mol. The fourth-order valence-electron chi connectivity index (χ4n) is 2.38. The summed E-state index contributed by atoms with van der Waals surface area (Å²) in [6, 6.07) is 9.78. The number of nitrogens with one attached hydrogen (secondary N) is 1. The summed E-state index contributed by atoms with van der Waals surface area (Å²) in [5.74, 6) is 0.489. The molecule has 130 valence electrons. The van der Waals surface area contributed by atoms with Gasteiger partial charge in [-0.15, -0.1) is 0 Å². The second-order valence-electron chi connectivity index (χ2n) is 5.32. The highest BCUT2D eigenvalue weighted by Gasteiger charge is 2.20. The minimum Gasteiger partial charge on any atom is -0.454 e. The maximum absolute atomic E-state index is 12.3. The molecule has 0 atom stereocenters. The molecule has 2 aromatic rings. The van der Waals surface area contributed by atoms with Crippen molar-refractivity contribution in [2.24, 2.45) is 0 Å². The molecule has 3 rings (SSSR count). The zero-order valence-electron chi connectivity index (χ0n) is 13.2. The van der Waals surface area contributed by atoms with E-state index in [9.17, 15) is 9.59 Å². The van der Waals surface area contributed by atoms with Crippen LogP contribution in [-0.2, 0) is 9.59 Å². The van der Waals surface area contributed by atoms with Gasteiger partial charge in [-0.3, -0.25) is 9.59 Å². The summed E-state index contributed by atoms with van der Waals surface area (Å²) in [5, 5.41) is 3.46. The number of carbonyl (C=O) groups excluding carboxylic acids is 2. The van der Waals surface area contributed by atoms with E-state index in [2.05, 4.69) is 5.32 Å². The Balaban J connectivity index is 1.74. The van der Waals surface area contributed by atoms with E-state index >= 15 is 0 Å². The molecule has 1 aliphatic rings. The molecule has 1 N–H and O–H groups in total. The lowest BCUT2D eigenvalue weighted by atomic mass is 10.2. The molecule has 1 heterocycles. The van der Waals surface area contributed by atoms with Crippen LogP contribution in [0, 0.1) is 0 Å². The Morgan fingerprint density at radius 3 is 2.60 bits per heavy atom. The van der Waals surface area contributed by atoms with Crippen molar-refractivity contribution in [2.75, 3.05) is 23.6 Å². The van der Waals surface area contributed by atoms with Crippen molar-refractivity contribution in [3.8, 4) is 11.5 Å². The quantitative estimate of drug-likeness (QED) is 0.877. The third-order valence-corrected chi connectivity index (χ3v) is 4.08. The Kier molecular flexibility index (Phi) is 5.01. The van der Waals surface area contributed by atoms with Gasteiger partial charge in [0.25, 0.3) is 0 Å². The molecule has 2 amide bonds. The van der Waals surface area contributed by atoms with Crippen molar-refractivity contribution in [3.63, 3.8) is 0 Å². The SMILES string of the molecule is CC(=O)N(CC(=O)Nc1ccc2c(c1)OCO2)c1ccc(Cl)cc1Cl. The number of hydrogen-bond acceptors (Lipinski definition) is 4. The number of anilines is 2. The second-order valence-corrected chi connectivity index (χ2v) is 6.16. The highest BCUT2D eigenvalue weighted by molar-refractivity contribution is 6.36. The molecule has 0 fully saturated rings. The smallest absolute Gasteiger partial charge is 0.244 e. The summed E-state index contributed by atoms with van der Waals surface area (Å²) in [7, 11) is 0. The van der Waals surface area contributed by atoms with Crippen LogP contribution < -0.4 is 19.7 Å². The first-order valence-corrected chi connectivity index (χ1v) is 8.12. The summed E-state index contributed by atoms with van der Waals surface area (Å²) in [5.41, 5.74) is 0.958. The van der Waals surface area contributed by atoms with Crippen LogP contribution in [0.1, 0.15) is 6.92 Å². The van der Waals surface area contributed by atoms with Crippen LogP contribution in [0.5, 0.6) is 11.5 Å². The first kappa shape index (κ1) is 17.4. The minimum atomic E-state index is -0.375. The van der Waals surface area contributed by atoms with Gasteiger partial charge in [0, 0.05) is 23.7 Å². The summed E-state index contributed by atoms with van der Waals surface area (Å²) in [4.78, 5) is 25.6. The topological polar surface area (TPSA) is 67.9 Å². The van der Waals surface area contributed by atoms with Gasteiger partial charge < -0.3 is 19.7 Å².